The number of hydrogen-bond acceptors (Lipinski definition) is 7. The van der Waals surface area contributed by atoms with Crippen LogP contribution >= 0.6 is 0 Å². The first kappa shape index (κ1) is 23.9. The molecular weight excluding hydrogens is 432 g/mol. The first-order valence-corrected chi connectivity index (χ1v) is 12.0. The summed E-state index contributed by atoms with van der Waals surface area (Å²) in [6.07, 6.45) is 2.41. The number of aryl methyl sites for hydroxylation is 2. The number of aromatic nitrogens is 4. The topological polar surface area (TPSA) is 94.4 Å². The van der Waals surface area contributed by atoms with E-state index in [2.05, 4.69) is 27.3 Å². The maximum atomic E-state index is 12.6. The van der Waals surface area contributed by atoms with Gasteiger partial charge in [-0.05, 0) is 64.3 Å². The molecule has 0 saturated carbocycles. The van der Waals surface area contributed by atoms with Crippen molar-refractivity contribution in [3.63, 3.8) is 0 Å². The largest absolute Gasteiger partial charge is 0.497 e. The first-order valence-electron chi connectivity index (χ1n) is 12.0. The number of nitrogens with one attached hydrogen (secondary N) is 1. The maximum absolute atomic E-state index is 12.6. The zero-order chi connectivity index (χ0) is 24.1. The highest BCUT2D eigenvalue weighted by Crippen LogP contribution is 2.31. The van der Waals surface area contributed by atoms with Gasteiger partial charge in [-0.25, -0.2) is 4.68 Å². The number of rotatable bonds is 9. The highest BCUT2D eigenvalue weighted by atomic mass is 16.5. The van der Waals surface area contributed by atoms with E-state index in [9.17, 15) is 4.79 Å². The molecule has 1 aliphatic heterocycles. The van der Waals surface area contributed by atoms with Gasteiger partial charge in [-0.15, -0.1) is 5.10 Å². The fraction of sp³-hybridized carbons (Fsp3) is 0.520. The summed E-state index contributed by atoms with van der Waals surface area (Å²) in [6, 6.07) is 7.84. The summed E-state index contributed by atoms with van der Waals surface area (Å²) in [4.78, 5) is 14.8. The molecule has 0 unspecified atom stereocenters. The van der Waals surface area contributed by atoms with Crippen LogP contribution in [0.3, 0.4) is 0 Å². The second kappa shape index (κ2) is 10.8. The third-order valence-electron chi connectivity index (χ3n) is 6.44. The molecule has 0 aliphatic carbocycles. The van der Waals surface area contributed by atoms with E-state index in [0.29, 0.717) is 19.8 Å². The van der Waals surface area contributed by atoms with Crippen LogP contribution in [0, 0.1) is 19.8 Å². The molecule has 1 N–H and O–H groups in total. The van der Waals surface area contributed by atoms with E-state index < -0.39 is 0 Å². The number of amides is 1. The van der Waals surface area contributed by atoms with Gasteiger partial charge in [0.2, 0.25) is 5.91 Å². The van der Waals surface area contributed by atoms with Gasteiger partial charge in [0.25, 0.3) is 0 Å². The van der Waals surface area contributed by atoms with Crippen LogP contribution in [0.1, 0.15) is 37.6 Å². The number of piperidine rings is 1. The Hall–Kier alpha value is -3.20. The minimum absolute atomic E-state index is 0.0239. The third kappa shape index (κ3) is 4.99. The molecule has 0 bridgehead atoms. The standard InChI is InChI=1S/C25H34N6O3/c1-5-34-16-6-13-26-25(32)19-11-14-30(15-12-19)24-23-22(17(2)27-28-24)18(3)31(29-23)20-7-9-21(33-4)10-8-20/h7-10,19H,5-6,11-16H2,1-4H3,(H,26,32). The Labute approximate surface area is 200 Å². The lowest BCUT2D eigenvalue weighted by Gasteiger charge is -2.32. The molecule has 1 fully saturated rings. The summed E-state index contributed by atoms with van der Waals surface area (Å²) in [5.74, 6) is 1.75. The lowest BCUT2D eigenvalue weighted by Crippen LogP contribution is -2.41. The maximum Gasteiger partial charge on any atom is 0.223 e. The molecule has 9 nitrogen and oxygen atoms in total. The lowest BCUT2D eigenvalue weighted by molar-refractivity contribution is -0.125. The van der Waals surface area contributed by atoms with Crippen molar-refractivity contribution >= 4 is 22.6 Å². The van der Waals surface area contributed by atoms with Crippen molar-refractivity contribution in [2.75, 3.05) is 44.9 Å². The molecule has 0 atom stereocenters. The van der Waals surface area contributed by atoms with Crippen LogP contribution in [0.15, 0.2) is 24.3 Å². The zero-order valence-electron chi connectivity index (χ0n) is 20.5. The van der Waals surface area contributed by atoms with E-state index in [-0.39, 0.29) is 11.8 Å². The Morgan fingerprint density at radius 3 is 2.56 bits per heavy atom. The van der Waals surface area contributed by atoms with Crippen LogP contribution in [-0.4, -0.2) is 65.8 Å². The highest BCUT2D eigenvalue weighted by molar-refractivity contribution is 5.92. The average Bonchev–Trinajstić information content (AvgIpc) is 3.22. The molecule has 3 aromatic rings. The van der Waals surface area contributed by atoms with E-state index in [1.165, 1.54) is 0 Å². The van der Waals surface area contributed by atoms with Gasteiger partial charge in [-0.3, -0.25) is 4.79 Å². The quantitative estimate of drug-likeness (QED) is 0.484. The number of carbonyl (C=O) groups is 1. The van der Waals surface area contributed by atoms with Crippen molar-refractivity contribution in [1.82, 2.24) is 25.3 Å². The van der Waals surface area contributed by atoms with Gasteiger partial charge in [0.15, 0.2) is 5.82 Å². The van der Waals surface area contributed by atoms with Gasteiger partial charge in [-0.1, -0.05) is 0 Å². The monoisotopic (exact) mass is 466 g/mol. The van der Waals surface area contributed by atoms with Gasteiger partial charge >= 0.3 is 0 Å². The summed E-state index contributed by atoms with van der Waals surface area (Å²) in [5.41, 5.74) is 3.69. The molecule has 2 aromatic heterocycles. The molecule has 0 spiro atoms. The summed E-state index contributed by atoms with van der Waals surface area (Å²) in [7, 11) is 1.66. The van der Waals surface area contributed by atoms with E-state index >= 15 is 0 Å². The number of nitrogens with zero attached hydrogens (tertiary/aromatic N) is 5. The lowest BCUT2D eigenvalue weighted by atomic mass is 9.95. The molecule has 34 heavy (non-hydrogen) atoms. The Balaban J connectivity index is 1.48. The van der Waals surface area contributed by atoms with Crippen LogP contribution in [-0.2, 0) is 9.53 Å². The fourth-order valence-electron chi connectivity index (χ4n) is 4.53. The van der Waals surface area contributed by atoms with Crippen LogP contribution < -0.4 is 15.0 Å². The molecule has 0 radical (unpaired) electrons. The van der Waals surface area contributed by atoms with E-state index in [1.807, 2.05) is 42.8 Å². The molecule has 182 valence electrons. The molecule has 1 amide bonds. The van der Waals surface area contributed by atoms with Crippen LogP contribution in [0.4, 0.5) is 5.82 Å². The average molecular weight is 467 g/mol. The van der Waals surface area contributed by atoms with Gasteiger partial charge in [0.1, 0.15) is 11.3 Å². The summed E-state index contributed by atoms with van der Waals surface area (Å²) >= 11 is 0. The third-order valence-corrected chi connectivity index (χ3v) is 6.44. The van der Waals surface area contributed by atoms with Crippen molar-refractivity contribution in [1.29, 1.82) is 0 Å². The number of carbonyl (C=O) groups excluding carboxylic acids is 1. The van der Waals surface area contributed by atoms with Crippen LogP contribution in [0.5, 0.6) is 5.75 Å². The molecule has 4 rings (SSSR count). The minimum atomic E-state index is 0.0239. The number of methoxy groups -OCH3 is 1. The van der Waals surface area contributed by atoms with Gasteiger partial charge in [0, 0.05) is 38.8 Å². The number of ether oxygens (including phenoxy) is 2. The number of fused-ring (bicyclic) bond motifs is 1. The van der Waals surface area contributed by atoms with Gasteiger partial charge in [-0.2, -0.15) is 10.2 Å². The zero-order valence-corrected chi connectivity index (χ0v) is 20.5. The second-order valence-electron chi connectivity index (χ2n) is 8.63. The predicted molar refractivity (Wildman–Crippen MR) is 132 cm³/mol. The summed E-state index contributed by atoms with van der Waals surface area (Å²) in [5, 5.41) is 18.0. The van der Waals surface area contributed by atoms with Crippen molar-refractivity contribution in [2.24, 2.45) is 5.92 Å². The number of anilines is 1. The van der Waals surface area contributed by atoms with E-state index in [1.54, 1.807) is 7.11 Å². The Morgan fingerprint density at radius 2 is 1.88 bits per heavy atom. The molecule has 1 aromatic carbocycles. The van der Waals surface area contributed by atoms with Crippen LogP contribution in [0.2, 0.25) is 0 Å². The molecule has 9 heteroatoms. The molecule has 1 aliphatic rings. The minimum Gasteiger partial charge on any atom is -0.497 e. The Kier molecular flexibility index (Phi) is 7.62. The molecule has 1 saturated heterocycles. The number of benzene rings is 1. The predicted octanol–water partition coefficient (Wildman–Crippen LogP) is 3.20. The molecular formula is C25H34N6O3. The Morgan fingerprint density at radius 1 is 1.15 bits per heavy atom. The molecule has 3 heterocycles. The van der Waals surface area contributed by atoms with Crippen molar-refractivity contribution < 1.29 is 14.3 Å². The van der Waals surface area contributed by atoms with Crippen molar-refractivity contribution in [3.8, 4) is 11.4 Å². The highest BCUT2D eigenvalue weighted by Gasteiger charge is 2.28. The fourth-order valence-corrected chi connectivity index (χ4v) is 4.53. The van der Waals surface area contributed by atoms with Gasteiger partial charge < -0.3 is 19.7 Å². The van der Waals surface area contributed by atoms with Crippen molar-refractivity contribution in [2.45, 2.75) is 40.0 Å². The first-order chi connectivity index (χ1) is 16.5. The SMILES string of the molecule is CCOCCCNC(=O)C1CCN(c2nnc(C)c3c(C)n(-c4ccc(OC)cc4)nc23)CC1. The smallest absolute Gasteiger partial charge is 0.223 e. The Bertz CT molecular complexity index is 1120. The van der Waals surface area contributed by atoms with E-state index in [0.717, 1.165) is 71.9 Å². The second-order valence-corrected chi connectivity index (χ2v) is 8.63. The summed E-state index contributed by atoms with van der Waals surface area (Å²) < 4.78 is 12.6. The number of hydrogen-bond donors (Lipinski definition) is 1. The van der Waals surface area contributed by atoms with Gasteiger partial charge in [0.05, 0.1) is 29.6 Å². The van der Waals surface area contributed by atoms with Crippen LogP contribution in [0.25, 0.3) is 16.6 Å². The van der Waals surface area contributed by atoms with Crippen molar-refractivity contribution in [3.05, 3.63) is 35.7 Å². The summed E-state index contributed by atoms with van der Waals surface area (Å²) in [6.45, 7) is 9.54. The normalized spacial score (nSPS) is 14.5. The van der Waals surface area contributed by atoms with E-state index in [4.69, 9.17) is 14.6 Å².